The van der Waals surface area contributed by atoms with Gasteiger partial charge in [-0.15, -0.1) is 6.58 Å². The third-order valence-corrected chi connectivity index (χ3v) is 9.23. The first-order valence-electron chi connectivity index (χ1n) is 14.0. The van der Waals surface area contributed by atoms with Crippen molar-refractivity contribution < 1.29 is 8.78 Å². The summed E-state index contributed by atoms with van der Waals surface area (Å²) in [6, 6.07) is 3.64. The topological polar surface area (TPSA) is 0 Å². The molecule has 0 bridgehead atoms. The molecule has 34 heavy (non-hydrogen) atoms. The highest BCUT2D eigenvalue weighted by atomic mass is 19.2. The minimum atomic E-state index is -0.641. The van der Waals surface area contributed by atoms with Crippen LogP contribution in [0, 0.1) is 41.2 Å². The number of hydrogen-bond donors (Lipinski definition) is 0. The van der Waals surface area contributed by atoms with Crippen molar-refractivity contribution >= 4 is 5.57 Å². The van der Waals surface area contributed by atoms with Crippen LogP contribution in [0.2, 0.25) is 0 Å². The van der Waals surface area contributed by atoms with E-state index < -0.39 is 11.6 Å². The fourth-order valence-electron chi connectivity index (χ4n) is 6.73. The van der Waals surface area contributed by atoms with Gasteiger partial charge in [-0.2, -0.15) is 0 Å². The predicted octanol–water partition coefficient (Wildman–Crippen LogP) is 9.85. The second-order valence-electron chi connectivity index (χ2n) is 11.2. The van der Waals surface area contributed by atoms with Crippen LogP contribution in [0.3, 0.4) is 0 Å². The van der Waals surface area contributed by atoms with Crippen LogP contribution in [0.4, 0.5) is 8.78 Å². The lowest BCUT2D eigenvalue weighted by molar-refractivity contribution is 0.192. The zero-order chi connectivity index (χ0) is 23.9. The molecule has 0 aromatic heterocycles. The summed E-state index contributed by atoms with van der Waals surface area (Å²) in [5.74, 6) is 2.50. The molecule has 186 valence electrons. The molecule has 0 amide bonds. The van der Waals surface area contributed by atoms with Gasteiger partial charge in [0, 0.05) is 5.56 Å². The molecule has 0 heterocycles. The molecular formula is C32H44F2. The van der Waals surface area contributed by atoms with E-state index in [9.17, 15) is 4.39 Å². The van der Waals surface area contributed by atoms with E-state index in [1.807, 2.05) is 12.1 Å². The summed E-state index contributed by atoms with van der Waals surface area (Å²) >= 11 is 0. The molecule has 1 aromatic rings. The van der Waals surface area contributed by atoms with Crippen LogP contribution in [0.25, 0.3) is 5.57 Å². The molecule has 1 unspecified atom stereocenters. The minimum absolute atomic E-state index is 0.490. The highest BCUT2D eigenvalue weighted by Gasteiger charge is 2.29. The third kappa shape index (κ3) is 6.29. The third-order valence-electron chi connectivity index (χ3n) is 9.23. The zero-order valence-electron chi connectivity index (χ0n) is 21.2. The zero-order valence-corrected chi connectivity index (χ0v) is 21.2. The van der Waals surface area contributed by atoms with Gasteiger partial charge in [0.15, 0.2) is 11.6 Å². The van der Waals surface area contributed by atoms with Crippen LogP contribution in [0.15, 0.2) is 43.0 Å². The molecule has 0 saturated heterocycles. The van der Waals surface area contributed by atoms with Gasteiger partial charge in [0.05, 0.1) is 0 Å². The second kappa shape index (κ2) is 12.3. The van der Waals surface area contributed by atoms with Gasteiger partial charge in [-0.05, 0) is 111 Å². The van der Waals surface area contributed by atoms with Gasteiger partial charge in [0.2, 0.25) is 0 Å². The Balaban J connectivity index is 1.29. The number of benzene rings is 1. The number of halogens is 2. The maximum absolute atomic E-state index is 15.0. The molecule has 0 radical (unpaired) electrons. The van der Waals surface area contributed by atoms with Crippen LogP contribution >= 0.6 is 0 Å². The van der Waals surface area contributed by atoms with E-state index in [1.165, 1.54) is 57.8 Å². The first-order chi connectivity index (χ1) is 16.6. The van der Waals surface area contributed by atoms with Crippen molar-refractivity contribution in [1.29, 1.82) is 0 Å². The summed E-state index contributed by atoms with van der Waals surface area (Å²) in [5.41, 5.74) is 2.00. The predicted molar refractivity (Wildman–Crippen MR) is 141 cm³/mol. The minimum Gasteiger partial charge on any atom is -0.203 e. The first-order valence-corrected chi connectivity index (χ1v) is 14.0. The van der Waals surface area contributed by atoms with E-state index in [1.54, 1.807) is 0 Å². The Labute approximate surface area is 206 Å². The number of rotatable bonds is 8. The van der Waals surface area contributed by atoms with Crippen molar-refractivity contribution in [2.24, 2.45) is 29.6 Å². The molecule has 2 saturated carbocycles. The largest absolute Gasteiger partial charge is 0.203 e. The molecule has 0 spiro atoms. The van der Waals surface area contributed by atoms with Crippen molar-refractivity contribution in [1.82, 2.24) is 0 Å². The molecule has 0 N–H and O–H groups in total. The lowest BCUT2D eigenvalue weighted by Crippen LogP contribution is -2.23. The van der Waals surface area contributed by atoms with Crippen molar-refractivity contribution in [3.63, 3.8) is 0 Å². The average molecular weight is 467 g/mol. The van der Waals surface area contributed by atoms with Crippen LogP contribution in [-0.4, -0.2) is 0 Å². The molecule has 0 nitrogen and oxygen atoms in total. The van der Waals surface area contributed by atoms with E-state index >= 15 is 4.39 Å². The van der Waals surface area contributed by atoms with E-state index in [-0.39, 0.29) is 0 Å². The van der Waals surface area contributed by atoms with Crippen LogP contribution < -0.4 is 0 Å². The van der Waals surface area contributed by atoms with Crippen LogP contribution in [0.1, 0.15) is 102 Å². The lowest BCUT2D eigenvalue weighted by atomic mass is 9.70. The number of hydrogen-bond acceptors (Lipinski definition) is 0. The fraction of sp³-hybridized carbons (Fsp3) is 0.625. The molecule has 4 rings (SSSR count). The Bertz CT molecular complexity index is 863. The monoisotopic (exact) mass is 466 g/mol. The van der Waals surface area contributed by atoms with Crippen molar-refractivity contribution in [3.05, 3.63) is 65.8 Å². The Hall–Kier alpha value is -1.70. The van der Waals surface area contributed by atoms with E-state index in [0.29, 0.717) is 29.4 Å². The molecule has 3 aliphatic carbocycles. The van der Waals surface area contributed by atoms with E-state index in [0.717, 1.165) is 49.0 Å². The Kier molecular flexibility index (Phi) is 9.20. The van der Waals surface area contributed by atoms with Crippen molar-refractivity contribution in [2.45, 2.75) is 96.8 Å². The van der Waals surface area contributed by atoms with Gasteiger partial charge in [0.1, 0.15) is 0 Å². The van der Waals surface area contributed by atoms with Crippen molar-refractivity contribution in [3.8, 4) is 0 Å². The summed E-state index contributed by atoms with van der Waals surface area (Å²) in [6.07, 6.45) is 24.7. The van der Waals surface area contributed by atoms with E-state index in [4.69, 9.17) is 0 Å². The van der Waals surface area contributed by atoms with Crippen LogP contribution in [0.5, 0.6) is 0 Å². The Morgan fingerprint density at radius 3 is 2.26 bits per heavy atom. The maximum Gasteiger partial charge on any atom is 0.166 e. The van der Waals surface area contributed by atoms with Crippen molar-refractivity contribution in [2.75, 3.05) is 0 Å². The van der Waals surface area contributed by atoms with Gasteiger partial charge < -0.3 is 0 Å². The van der Waals surface area contributed by atoms with Gasteiger partial charge >= 0.3 is 0 Å². The Morgan fingerprint density at radius 1 is 0.882 bits per heavy atom. The average Bonchev–Trinajstić information content (AvgIpc) is 2.89. The van der Waals surface area contributed by atoms with Crippen LogP contribution in [-0.2, 0) is 6.42 Å². The lowest BCUT2D eigenvalue weighted by Gasteiger charge is -2.35. The van der Waals surface area contributed by atoms with Gasteiger partial charge in [-0.25, -0.2) is 8.78 Å². The smallest absolute Gasteiger partial charge is 0.166 e. The summed E-state index contributed by atoms with van der Waals surface area (Å²) in [4.78, 5) is 0. The molecule has 2 fully saturated rings. The molecular weight excluding hydrogens is 422 g/mol. The van der Waals surface area contributed by atoms with E-state index in [2.05, 4.69) is 37.8 Å². The normalized spacial score (nSPS) is 30.3. The summed E-state index contributed by atoms with van der Waals surface area (Å²) < 4.78 is 29.9. The molecule has 0 aliphatic heterocycles. The molecule has 2 heteroatoms. The molecule has 3 aliphatic rings. The van der Waals surface area contributed by atoms with Gasteiger partial charge in [-0.3, -0.25) is 0 Å². The standard InChI is InChI=1S/C32H44F2/c1-3-23-9-11-25(12-10-23)7-5-6-8-29-21-22-30(32(34)31(29)33)28-19-17-27(18-20-28)26-15-13-24(4-2)14-16-26/h3,5,7,19,21-27H,1,4,6,8-18,20H2,2H3. The summed E-state index contributed by atoms with van der Waals surface area (Å²) in [5, 5.41) is 0. The summed E-state index contributed by atoms with van der Waals surface area (Å²) in [7, 11) is 0. The SMILES string of the molecule is C=CC1CCC(C=CCCc2ccc(C3=CCC(C4CCC(CC)CC4)CC3)c(F)c2F)CC1. The van der Waals surface area contributed by atoms with Gasteiger partial charge in [-0.1, -0.05) is 62.6 Å². The number of allylic oxidation sites excluding steroid dienone is 5. The summed E-state index contributed by atoms with van der Waals surface area (Å²) in [6.45, 7) is 6.22. The quantitative estimate of drug-likeness (QED) is 0.334. The van der Waals surface area contributed by atoms with Gasteiger partial charge in [0.25, 0.3) is 0 Å². The highest BCUT2D eigenvalue weighted by molar-refractivity contribution is 5.67. The second-order valence-corrected chi connectivity index (χ2v) is 11.2. The highest BCUT2D eigenvalue weighted by Crippen LogP contribution is 2.42. The molecule has 1 aromatic carbocycles. The maximum atomic E-state index is 15.0. The Morgan fingerprint density at radius 2 is 1.62 bits per heavy atom. The fourth-order valence-corrected chi connectivity index (χ4v) is 6.73. The molecule has 1 atom stereocenters. The first kappa shape index (κ1) is 25.4. The number of aryl methyl sites for hydroxylation is 1.